The van der Waals surface area contributed by atoms with Gasteiger partial charge < -0.3 is 15.5 Å². The molecule has 188 valence electrons. The fraction of sp³-hybridized carbons (Fsp3) is 0.667. The number of anilines is 1. The monoisotopic (exact) mass is 494 g/mol. The molecule has 1 aliphatic heterocycles. The first-order valence-electron chi connectivity index (χ1n) is 13.4. The first-order valence-corrected chi connectivity index (χ1v) is 14.2. The summed E-state index contributed by atoms with van der Waals surface area (Å²) in [5.41, 5.74) is 2.62. The Bertz CT molecular complexity index is 993. The Morgan fingerprint density at radius 3 is 2.34 bits per heavy atom. The van der Waals surface area contributed by atoms with Crippen molar-refractivity contribution in [1.82, 2.24) is 24.9 Å². The summed E-state index contributed by atoms with van der Waals surface area (Å²) in [7, 11) is 0. The van der Waals surface area contributed by atoms with Crippen LogP contribution in [0.25, 0.3) is 0 Å². The number of aromatic nitrogens is 2. The normalized spacial score (nSPS) is 30.0. The third-order valence-corrected chi connectivity index (χ3v) is 9.53. The molecule has 2 aromatic rings. The molecule has 1 aromatic heterocycles. The highest BCUT2D eigenvalue weighted by Gasteiger charge is 2.51. The molecule has 7 nitrogen and oxygen atoms in total. The third-order valence-electron chi connectivity index (χ3n) is 8.71. The van der Waals surface area contributed by atoms with Gasteiger partial charge in [0, 0.05) is 62.8 Å². The molecule has 0 radical (unpaired) electrons. The lowest BCUT2D eigenvalue weighted by molar-refractivity contribution is -0.0135. The van der Waals surface area contributed by atoms with Crippen LogP contribution in [-0.2, 0) is 6.42 Å². The Kier molecular flexibility index (Phi) is 6.43. The maximum absolute atomic E-state index is 12.7. The van der Waals surface area contributed by atoms with E-state index in [0.29, 0.717) is 6.54 Å². The third kappa shape index (κ3) is 5.33. The van der Waals surface area contributed by atoms with E-state index < -0.39 is 0 Å². The molecule has 2 N–H and O–H groups in total. The van der Waals surface area contributed by atoms with E-state index in [2.05, 4.69) is 56.0 Å². The van der Waals surface area contributed by atoms with Crippen molar-refractivity contribution in [3.8, 4) is 0 Å². The van der Waals surface area contributed by atoms with Crippen molar-refractivity contribution in [3.05, 3.63) is 41.2 Å². The molecule has 35 heavy (non-hydrogen) atoms. The van der Waals surface area contributed by atoms with Gasteiger partial charge in [0.05, 0.1) is 0 Å². The first kappa shape index (κ1) is 23.2. The van der Waals surface area contributed by atoms with Crippen LogP contribution in [0.15, 0.2) is 24.3 Å². The van der Waals surface area contributed by atoms with Crippen molar-refractivity contribution >= 4 is 22.7 Å². The number of urea groups is 1. The summed E-state index contributed by atoms with van der Waals surface area (Å²) in [6.07, 6.45) is 8.60. The van der Waals surface area contributed by atoms with E-state index >= 15 is 0 Å². The van der Waals surface area contributed by atoms with Crippen LogP contribution in [0.5, 0.6) is 0 Å². The number of piperazine rings is 1. The summed E-state index contributed by atoms with van der Waals surface area (Å²) in [6, 6.07) is 8.64. The summed E-state index contributed by atoms with van der Waals surface area (Å²) in [4.78, 5) is 22.3. The minimum absolute atomic E-state index is 0.0422. The molecule has 0 atom stereocenters. The molecule has 4 saturated carbocycles. The number of hydrogen-bond donors (Lipinski definition) is 2. The minimum atomic E-state index is 0.0422. The molecule has 4 bridgehead atoms. The van der Waals surface area contributed by atoms with Crippen LogP contribution in [0.1, 0.15) is 55.5 Å². The average Bonchev–Trinajstić information content (AvgIpc) is 3.28. The number of aryl methyl sites for hydroxylation is 1. The molecule has 2 heterocycles. The SMILES string of the molecule is Cc1ccc(Cc2nsc(N3CCN(CCNC(=O)NC45CC6CC(CC(C6)C4)C5)CC3)n2)cc1. The Hall–Kier alpha value is -2.19. The molecule has 1 saturated heterocycles. The summed E-state index contributed by atoms with van der Waals surface area (Å²) in [5, 5.41) is 7.60. The molecule has 4 aliphatic carbocycles. The molecule has 7 rings (SSSR count). The zero-order valence-electron chi connectivity index (χ0n) is 20.8. The van der Waals surface area contributed by atoms with Gasteiger partial charge in [-0.2, -0.15) is 4.37 Å². The predicted molar refractivity (Wildman–Crippen MR) is 140 cm³/mol. The number of nitrogens with one attached hydrogen (secondary N) is 2. The highest BCUT2D eigenvalue weighted by molar-refractivity contribution is 7.09. The summed E-state index contributed by atoms with van der Waals surface area (Å²) < 4.78 is 4.59. The van der Waals surface area contributed by atoms with E-state index in [0.717, 1.165) is 67.9 Å². The van der Waals surface area contributed by atoms with Crippen molar-refractivity contribution < 1.29 is 4.79 Å². The van der Waals surface area contributed by atoms with Gasteiger partial charge in [0.25, 0.3) is 0 Å². The van der Waals surface area contributed by atoms with Crippen molar-refractivity contribution in [2.24, 2.45) is 17.8 Å². The molecular formula is C27H38N6OS. The lowest BCUT2D eigenvalue weighted by Crippen LogP contribution is -2.61. The van der Waals surface area contributed by atoms with Crippen LogP contribution in [0.3, 0.4) is 0 Å². The van der Waals surface area contributed by atoms with E-state index in [4.69, 9.17) is 4.98 Å². The van der Waals surface area contributed by atoms with Crippen LogP contribution in [-0.4, -0.2) is 65.1 Å². The maximum atomic E-state index is 12.7. The molecule has 2 amide bonds. The zero-order chi connectivity index (χ0) is 23.8. The second-order valence-corrected chi connectivity index (χ2v) is 12.3. The van der Waals surface area contributed by atoms with E-state index in [9.17, 15) is 4.79 Å². The summed E-state index contributed by atoms with van der Waals surface area (Å²) in [6.45, 7) is 7.61. The molecule has 5 aliphatic rings. The number of amides is 2. The number of carbonyl (C=O) groups excluding carboxylic acids is 1. The smallest absolute Gasteiger partial charge is 0.315 e. The van der Waals surface area contributed by atoms with Crippen LogP contribution in [0, 0.1) is 24.7 Å². The van der Waals surface area contributed by atoms with Gasteiger partial charge in [-0.05, 0) is 68.8 Å². The lowest BCUT2D eigenvalue weighted by atomic mass is 9.53. The van der Waals surface area contributed by atoms with Crippen LogP contribution >= 0.6 is 11.5 Å². The zero-order valence-corrected chi connectivity index (χ0v) is 21.7. The summed E-state index contributed by atoms with van der Waals surface area (Å²) >= 11 is 1.51. The van der Waals surface area contributed by atoms with E-state index in [1.54, 1.807) is 0 Å². The highest BCUT2D eigenvalue weighted by atomic mass is 32.1. The Balaban J connectivity index is 0.918. The Morgan fingerprint density at radius 2 is 1.69 bits per heavy atom. The molecule has 8 heteroatoms. The quantitative estimate of drug-likeness (QED) is 0.612. The number of nitrogens with zero attached hydrogens (tertiary/aromatic N) is 4. The van der Waals surface area contributed by atoms with Crippen LogP contribution < -0.4 is 15.5 Å². The largest absolute Gasteiger partial charge is 0.344 e. The van der Waals surface area contributed by atoms with Gasteiger partial charge in [-0.1, -0.05) is 29.8 Å². The van der Waals surface area contributed by atoms with Gasteiger partial charge in [0.15, 0.2) is 0 Å². The Morgan fingerprint density at radius 1 is 1.03 bits per heavy atom. The second-order valence-electron chi connectivity index (χ2n) is 11.6. The molecule has 1 aromatic carbocycles. The van der Waals surface area contributed by atoms with Gasteiger partial charge in [-0.25, -0.2) is 9.78 Å². The van der Waals surface area contributed by atoms with Crippen molar-refractivity contribution in [3.63, 3.8) is 0 Å². The fourth-order valence-electron chi connectivity index (χ4n) is 7.37. The second kappa shape index (κ2) is 9.69. The van der Waals surface area contributed by atoms with Gasteiger partial charge in [0.1, 0.15) is 5.82 Å². The number of rotatable bonds is 7. The van der Waals surface area contributed by atoms with Crippen molar-refractivity contribution in [1.29, 1.82) is 0 Å². The number of carbonyl (C=O) groups is 1. The minimum Gasteiger partial charge on any atom is -0.344 e. The first-order chi connectivity index (χ1) is 17.0. The number of benzene rings is 1. The Labute approximate surface area is 212 Å². The van der Waals surface area contributed by atoms with Gasteiger partial charge in [-0.15, -0.1) is 0 Å². The van der Waals surface area contributed by atoms with Gasteiger partial charge >= 0.3 is 6.03 Å². The highest BCUT2D eigenvalue weighted by Crippen LogP contribution is 2.55. The summed E-state index contributed by atoms with van der Waals surface area (Å²) in [5.74, 6) is 3.46. The van der Waals surface area contributed by atoms with Crippen molar-refractivity contribution in [2.75, 3.05) is 44.2 Å². The maximum Gasteiger partial charge on any atom is 0.315 e. The molecular weight excluding hydrogens is 456 g/mol. The topological polar surface area (TPSA) is 73.4 Å². The van der Waals surface area contributed by atoms with Crippen LogP contribution in [0.4, 0.5) is 9.93 Å². The molecule has 0 unspecified atom stereocenters. The number of hydrogen-bond acceptors (Lipinski definition) is 6. The average molecular weight is 495 g/mol. The van der Waals surface area contributed by atoms with E-state index in [-0.39, 0.29) is 11.6 Å². The fourth-order valence-corrected chi connectivity index (χ4v) is 8.11. The van der Waals surface area contributed by atoms with E-state index in [1.807, 2.05) is 0 Å². The van der Waals surface area contributed by atoms with Crippen molar-refractivity contribution in [2.45, 2.75) is 57.4 Å². The lowest BCUT2D eigenvalue weighted by Gasteiger charge is -2.56. The standard InChI is InChI=1S/C27H38N6OS/c1-19-2-4-20(5-3-19)15-24-29-26(35-31-24)33-10-8-32(9-11-33)7-6-28-25(34)30-27-16-21-12-22(17-27)14-23(13-21)18-27/h2-5,21-23H,6-18H2,1H3,(H2,28,30,34). The molecule has 5 fully saturated rings. The van der Waals surface area contributed by atoms with E-state index in [1.165, 1.54) is 61.2 Å². The van der Waals surface area contributed by atoms with Crippen LogP contribution in [0.2, 0.25) is 0 Å². The van der Waals surface area contributed by atoms with Gasteiger partial charge in [-0.3, -0.25) is 4.90 Å². The predicted octanol–water partition coefficient (Wildman–Crippen LogP) is 3.83. The van der Waals surface area contributed by atoms with Gasteiger partial charge in [0.2, 0.25) is 5.13 Å². The molecule has 0 spiro atoms.